The maximum Gasteiger partial charge on any atom is 0.276 e. The quantitative estimate of drug-likeness (QED) is 0.827. The van der Waals surface area contributed by atoms with E-state index >= 15 is 0 Å². The van der Waals surface area contributed by atoms with Gasteiger partial charge < -0.3 is 9.73 Å². The lowest BCUT2D eigenvalue weighted by Gasteiger charge is -2.22. The van der Waals surface area contributed by atoms with Crippen molar-refractivity contribution >= 4 is 11.8 Å². The molecule has 20 heavy (non-hydrogen) atoms. The molecule has 1 N–H and O–H groups in total. The number of benzene rings is 1. The predicted octanol–water partition coefficient (Wildman–Crippen LogP) is 3.38. The summed E-state index contributed by atoms with van der Waals surface area (Å²) in [4.78, 5) is 0. The second kappa shape index (κ2) is 6.90. The molecule has 1 heterocycles. The minimum Gasteiger partial charge on any atom is -0.416 e. The Morgan fingerprint density at radius 1 is 1.25 bits per heavy atom. The second-order valence-electron chi connectivity index (χ2n) is 4.77. The summed E-state index contributed by atoms with van der Waals surface area (Å²) in [5.74, 6) is 0.605. The van der Waals surface area contributed by atoms with Gasteiger partial charge in [-0.3, -0.25) is 0 Å². The highest BCUT2D eigenvalue weighted by Crippen LogP contribution is 2.31. The zero-order valence-electron chi connectivity index (χ0n) is 12.4. The van der Waals surface area contributed by atoms with E-state index in [0.29, 0.717) is 16.4 Å². The van der Waals surface area contributed by atoms with E-state index in [2.05, 4.69) is 53.6 Å². The van der Waals surface area contributed by atoms with Crippen molar-refractivity contribution in [2.75, 3.05) is 7.05 Å². The van der Waals surface area contributed by atoms with Gasteiger partial charge in [-0.25, -0.2) is 0 Å². The highest BCUT2D eigenvalue weighted by atomic mass is 32.2. The summed E-state index contributed by atoms with van der Waals surface area (Å²) in [6.45, 7) is 6.14. The van der Waals surface area contributed by atoms with Crippen LogP contribution in [0.5, 0.6) is 0 Å². The molecule has 2 aromatic rings. The van der Waals surface area contributed by atoms with Crippen LogP contribution in [0, 0.1) is 6.92 Å². The Morgan fingerprint density at radius 3 is 2.45 bits per heavy atom. The second-order valence-corrected chi connectivity index (χ2v) is 6.10. The summed E-state index contributed by atoms with van der Waals surface area (Å²) in [6, 6.07) is 9.01. The third kappa shape index (κ3) is 3.61. The molecule has 2 rings (SSSR count). The van der Waals surface area contributed by atoms with E-state index in [-0.39, 0.29) is 6.04 Å². The van der Waals surface area contributed by atoms with Crippen molar-refractivity contribution in [3.05, 3.63) is 41.3 Å². The standard InChI is InChI=1S/C15H21N3OS/c1-5-12-6-8-13(9-7-12)14(16-4)10(2)20-15-18-17-11(3)19-15/h6-10,14,16H,5H2,1-4H3. The Labute approximate surface area is 124 Å². The first-order chi connectivity index (χ1) is 9.63. The molecule has 0 aliphatic carbocycles. The number of thioether (sulfide) groups is 1. The first kappa shape index (κ1) is 15.1. The van der Waals surface area contributed by atoms with Crippen LogP contribution >= 0.6 is 11.8 Å². The average Bonchev–Trinajstić information content (AvgIpc) is 2.85. The van der Waals surface area contributed by atoms with E-state index in [0.717, 1.165) is 6.42 Å². The van der Waals surface area contributed by atoms with Crippen molar-refractivity contribution in [1.29, 1.82) is 0 Å². The Bertz CT molecular complexity index is 538. The smallest absolute Gasteiger partial charge is 0.276 e. The Kier molecular flexibility index (Phi) is 5.20. The Morgan fingerprint density at radius 2 is 1.95 bits per heavy atom. The van der Waals surface area contributed by atoms with E-state index in [4.69, 9.17) is 4.42 Å². The van der Waals surface area contributed by atoms with Gasteiger partial charge in [-0.05, 0) is 24.6 Å². The molecule has 0 saturated heterocycles. The first-order valence-corrected chi connectivity index (χ1v) is 7.75. The van der Waals surface area contributed by atoms with E-state index in [9.17, 15) is 0 Å². The normalized spacial score (nSPS) is 14.2. The van der Waals surface area contributed by atoms with Crippen molar-refractivity contribution in [2.45, 2.75) is 43.7 Å². The van der Waals surface area contributed by atoms with Gasteiger partial charge in [0, 0.05) is 18.2 Å². The number of aromatic nitrogens is 2. The number of hydrogen-bond donors (Lipinski definition) is 1. The van der Waals surface area contributed by atoms with E-state index < -0.39 is 0 Å². The molecular formula is C15H21N3OS. The van der Waals surface area contributed by atoms with Gasteiger partial charge in [-0.15, -0.1) is 10.2 Å². The van der Waals surface area contributed by atoms with Gasteiger partial charge in [-0.1, -0.05) is 49.9 Å². The maximum absolute atomic E-state index is 5.43. The number of nitrogens with one attached hydrogen (secondary N) is 1. The highest BCUT2D eigenvalue weighted by Gasteiger charge is 2.20. The molecule has 1 aromatic carbocycles. The van der Waals surface area contributed by atoms with Crippen LogP contribution in [-0.4, -0.2) is 22.5 Å². The fraction of sp³-hybridized carbons (Fsp3) is 0.467. The summed E-state index contributed by atoms with van der Waals surface area (Å²) < 4.78 is 5.43. The molecule has 0 aliphatic heterocycles. The highest BCUT2D eigenvalue weighted by molar-refractivity contribution is 7.99. The van der Waals surface area contributed by atoms with Crippen LogP contribution in [0.3, 0.4) is 0 Å². The zero-order chi connectivity index (χ0) is 14.5. The third-order valence-electron chi connectivity index (χ3n) is 3.32. The Balaban J connectivity index is 2.09. The van der Waals surface area contributed by atoms with Gasteiger partial charge in [0.05, 0.1) is 0 Å². The van der Waals surface area contributed by atoms with Crippen LogP contribution in [0.25, 0.3) is 0 Å². The number of aryl methyl sites for hydroxylation is 2. The van der Waals surface area contributed by atoms with Crippen molar-refractivity contribution in [3.63, 3.8) is 0 Å². The Hall–Kier alpha value is -1.33. The molecule has 5 heteroatoms. The van der Waals surface area contributed by atoms with Gasteiger partial charge in [0.2, 0.25) is 5.89 Å². The molecular weight excluding hydrogens is 270 g/mol. The molecule has 0 spiro atoms. The molecule has 2 unspecified atom stereocenters. The molecule has 2 atom stereocenters. The first-order valence-electron chi connectivity index (χ1n) is 6.87. The van der Waals surface area contributed by atoms with Crippen molar-refractivity contribution < 1.29 is 4.42 Å². The monoisotopic (exact) mass is 291 g/mol. The summed E-state index contributed by atoms with van der Waals surface area (Å²) in [5, 5.41) is 12.2. The molecule has 1 aromatic heterocycles. The summed E-state index contributed by atoms with van der Waals surface area (Å²) >= 11 is 1.60. The van der Waals surface area contributed by atoms with E-state index in [1.165, 1.54) is 11.1 Å². The minimum absolute atomic E-state index is 0.248. The fourth-order valence-corrected chi connectivity index (χ4v) is 3.19. The SMILES string of the molecule is CCc1ccc(C(NC)C(C)Sc2nnc(C)o2)cc1. The van der Waals surface area contributed by atoms with Gasteiger partial charge in [0.1, 0.15) is 0 Å². The molecule has 108 valence electrons. The summed E-state index contributed by atoms with van der Waals surface area (Å²) in [6.07, 6.45) is 1.07. The number of rotatable bonds is 6. The van der Waals surface area contributed by atoms with Gasteiger partial charge in [-0.2, -0.15) is 0 Å². The van der Waals surface area contributed by atoms with Crippen LogP contribution in [0.15, 0.2) is 33.9 Å². The third-order valence-corrected chi connectivity index (χ3v) is 4.33. The molecule has 0 bridgehead atoms. The molecule has 0 fully saturated rings. The van der Waals surface area contributed by atoms with Crippen molar-refractivity contribution in [2.24, 2.45) is 0 Å². The summed E-state index contributed by atoms with van der Waals surface area (Å²) in [5.41, 5.74) is 2.64. The molecule has 0 saturated carbocycles. The predicted molar refractivity (Wildman–Crippen MR) is 82.0 cm³/mol. The summed E-state index contributed by atoms with van der Waals surface area (Å²) in [7, 11) is 1.98. The topological polar surface area (TPSA) is 51.0 Å². The molecule has 0 aliphatic rings. The van der Waals surface area contributed by atoms with Crippen molar-refractivity contribution in [3.8, 4) is 0 Å². The van der Waals surface area contributed by atoms with Crippen LogP contribution < -0.4 is 5.32 Å². The molecule has 4 nitrogen and oxygen atoms in total. The van der Waals surface area contributed by atoms with Crippen LogP contribution in [0.4, 0.5) is 0 Å². The van der Waals surface area contributed by atoms with Crippen LogP contribution in [-0.2, 0) is 6.42 Å². The van der Waals surface area contributed by atoms with Gasteiger partial charge in [0.25, 0.3) is 5.22 Å². The lowest BCUT2D eigenvalue weighted by Crippen LogP contribution is -2.25. The van der Waals surface area contributed by atoms with Crippen molar-refractivity contribution in [1.82, 2.24) is 15.5 Å². The lowest BCUT2D eigenvalue weighted by molar-refractivity contribution is 0.427. The van der Waals surface area contributed by atoms with E-state index in [1.54, 1.807) is 18.7 Å². The number of hydrogen-bond acceptors (Lipinski definition) is 5. The molecule has 0 radical (unpaired) electrons. The zero-order valence-corrected chi connectivity index (χ0v) is 13.2. The average molecular weight is 291 g/mol. The largest absolute Gasteiger partial charge is 0.416 e. The van der Waals surface area contributed by atoms with Gasteiger partial charge >= 0.3 is 0 Å². The minimum atomic E-state index is 0.248. The number of nitrogens with zero attached hydrogens (tertiary/aromatic N) is 2. The maximum atomic E-state index is 5.43. The van der Waals surface area contributed by atoms with Crippen LogP contribution in [0.2, 0.25) is 0 Å². The lowest BCUT2D eigenvalue weighted by atomic mass is 10.0. The van der Waals surface area contributed by atoms with Crippen LogP contribution in [0.1, 0.15) is 36.9 Å². The molecule has 0 amide bonds. The van der Waals surface area contributed by atoms with Gasteiger partial charge in [0.15, 0.2) is 0 Å². The van der Waals surface area contributed by atoms with E-state index in [1.807, 2.05) is 7.05 Å². The fourth-order valence-electron chi connectivity index (χ4n) is 2.19.